The van der Waals surface area contributed by atoms with Crippen LogP contribution in [0.4, 0.5) is 39.5 Å². The molecule has 0 radical (unpaired) electrons. The van der Waals surface area contributed by atoms with Gasteiger partial charge in [-0.3, -0.25) is 0 Å². The number of ether oxygens (including phenoxy) is 1. The Kier molecular flexibility index (Phi) is 4.14. The molecule has 1 rings (SSSR count). The molecule has 0 heterocycles. The van der Waals surface area contributed by atoms with Gasteiger partial charge in [-0.25, -0.2) is 0 Å². The molecule has 0 bridgehead atoms. The molecule has 0 aliphatic heterocycles. The molecule has 0 spiro atoms. The van der Waals surface area contributed by atoms with Gasteiger partial charge in [-0.1, -0.05) is 17.7 Å². The summed E-state index contributed by atoms with van der Waals surface area (Å²) >= 11 is 0. The highest BCUT2D eigenvalue weighted by Gasteiger charge is 2.86. The van der Waals surface area contributed by atoms with E-state index < -0.39 is 29.9 Å². The molecule has 0 saturated heterocycles. The van der Waals surface area contributed by atoms with Gasteiger partial charge < -0.3 is 4.74 Å². The molecule has 1 nitrogen and oxygen atoms in total. The number of hydrogen-bond acceptors (Lipinski definition) is 1. The van der Waals surface area contributed by atoms with Crippen molar-refractivity contribution < 1.29 is 44.3 Å². The highest BCUT2D eigenvalue weighted by atomic mass is 19.4. The van der Waals surface area contributed by atoms with Crippen LogP contribution in [0.5, 0.6) is 5.75 Å². The van der Waals surface area contributed by atoms with E-state index in [9.17, 15) is 39.5 Å². The minimum Gasteiger partial charge on any atom is -0.462 e. The Morgan fingerprint density at radius 1 is 0.667 bits per heavy atom. The predicted octanol–water partition coefficient (Wildman–Crippen LogP) is 4.80. The van der Waals surface area contributed by atoms with Crippen LogP contribution in [0, 0.1) is 6.92 Å². The molecule has 10 heteroatoms. The van der Waals surface area contributed by atoms with Crippen molar-refractivity contribution in [2.75, 3.05) is 0 Å². The minimum absolute atomic E-state index is 0.416. The Hall–Kier alpha value is -1.61. The Bertz CT molecular complexity index is 444. The first-order chi connectivity index (χ1) is 9.22. The summed E-state index contributed by atoms with van der Waals surface area (Å²) in [7, 11) is 0. The van der Waals surface area contributed by atoms with Crippen molar-refractivity contribution in [1.29, 1.82) is 0 Å². The number of alkyl halides is 9. The van der Waals surface area contributed by atoms with Gasteiger partial charge in [-0.05, 0) is 19.1 Å². The lowest BCUT2D eigenvalue weighted by molar-refractivity contribution is -0.436. The van der Waals surface area contributed by atoms with Crippen molar-refractivity contribution in [1.82, 2.24) is 0 Å². The lowest BCUT2D eigenvalue weighted by atomic mass is 10.0. The van der Waals surface area contributed by atoms with Crippen molar-refractivity contribution in [3.63, 3.8) is 0 Å². The molecule has 0 aliphatic rings. The Morgan fingerprint density at radius 2 is 1.00 bits per heavy atom. The molecule has 0 aromatic heterocycles. The number of benzene rings is 1. The van der Waals surface area contributed by atoms with Gasteiger partial charge in [-0.15, -0.1) is 0 Å². The van der Waals surface area contributed by atoms with Crippen LogP contribution in [0.15, 0.2) is 24.3 Å². The van der Waals surface area contributed by atoms with Crippen LogP contribution in [0.2, 0.25) is 0 Å². The summed E-state index contributed by atoms with van der Waals surface area (Å²) in [5, 5.41) is 0. The van der Waals surface area contributed by atoms with Gasteiger partial charge in [0.2, 0.25) is 0 Å². The molecule has 0 fully saturated rings. The smallest absolute Gasteiger partial charge is 0.447 e. The second-order valence-corrected chi connectivity index (χ2v) is 4.09. The summed E-state index contributed by atoms with van der Waals surface area (Å²) in [5.74, 6) is -1.20. The van der Waals surface area contributed by atoms with Crippen LogP contribution in [0.25, 0.3) is 0 Å². The van der Waals surface area contributed by atoms with Crippen LogP contribution in [0.1, 0.15) is 5.56 Å². The molecular weight excluding hydrogens is 319 g/mol. The van der Waals surface area contributed by atoms with E-state index in [1.165, 1.54) is 6.92 Å². The van der Waals surface area contributed by atoms with E-state index >= 15 is 0 Å². The van der Waals surface area contributed by atoms with E-state index in [0.717, 1.165) is 12.1 Å². The van der Waals surface area contributed by atoms with Gasteiger partial charge in [0.15, 0.2) is 0 Å². The van der Waals surface area contributed by atoms with E-state index in [2.05, 4.69) is 4.74 Å². The summed E-state index contributed by atoms with van der Waals surface area (Å²) in [6, 6.07) is 3.22. The normalized spacial score (nSPS) is 14.2. The average molecular weight is 326 g/mol. The predicted molar refractivity (Wildman–Crippen MR) is 52.7 cm³/mol. The number of rotatable bonds is 2. The maximum atomic E-state index is 12.6. The second-order valence-electron chi connectivity index (χ2n) is 4.09. The zero-order valence-corrected chi connectivity index (χ0v) is 10.1. The van der Waals surface area contributed by atoms with E-state index in [4.69, 9.17) is 0 Å². The number of aryl methyl sites for hydroxylation is 1. The van der Waals surface area contributed by atoms with Gasteiger partial charge in [0.05, 0.1) is 0 Å². The van der Waals surface area contributed by atoms with Crippen molar-refractivity contribution >= 4 is 0 Å². The topological polar surface area (TPSA) is 9.23 Å². The Morgan fingerprint density at radius 3 is 1.29 bits per heavy atom. The van der Waals surface area contributed by atoms with Crippen LogP contribution >= 0.6 is 0 Å². The molecule has 120 valence electrons. The molecule has 1 aromatic carbocycles. The molecule has 0 N–H and O–H groups in total. The van der Waals surface area contributed by atoms with E-state index in [1.54, 1.807) is 0 Å². The number of hydrogen-bond donors (Lipinski definition) is 0. The van der Waals surface area contributed by atoms with Crippen molar-refractivity contribution in [3.05, 3.63) is 29.8 Å². The Labute approximate surface area is 112 Å². The fraction of sp³-hybridized carbons (Fsp3) is 0.455. The quantitative estimate of drug-likeness (QED) is 0.710. The zero-order valence-electron chi connectivity index (χ0n) is 10.1. The average Bonchev–Trinajstić information content (AvgIpc) is 2.22. The molecule has 21 heavy (non-hydrogen) atoms. The van der Waals surface area contributed by atoms with Crippen LogP contribution in [0.3, 0.4) is 0 Å². The van der Waals surface area contributed by atoms with Crippen LogP contribution < -0.4 is 4.74 Å². The maximum Gasteiger partial charge on any atom is 0.447 e. The highest BCUT2D eigenvalue weighted by Crippen LogP contribution is 2.54. The molecule has 0 amide bonds. The standard InChI is InChI=1S/C11H7F9O/c1-6-2-4-7(5-3-6)21-8(9(12,13)14,10(15,16)17)11(18,19)20/h2-5H,1H3. The summed E-state index contributed by atoms with van der Waals surface area (Å²) in [6.07, 6.45) is -20.2. The minimum atomic E-state index is -6.74. The first kappa shape index (κ1) is 17.4. The number of halogens is 9. The molecule has 0 unspecified atom stereocenters. The third-order valence-electron chi connectivity index (χ3n) is 2.49. The largest absolute Gasteiger partial charge is 0.462 e. The Balaban J connectivity index is 3.47. The van der Waals surface area contributed by atoms with Crippen molar-refractivity contribution in [3.8, 4) is 5.75 Å². The van der Waals surface area contributed by atoms with Gasteiger partial charge in [0.1, 0.15) is 5.75 Å². The lowest BCUT2D eigenvalue weighted by Crippen LogP contribution is -2.69. The van der Waals surface area contributed by atoms with E-state index in [-0.39, 0.29) is 0 Å². The SMILES string of the molecule is Cc1ccc(OC(C(F)(F)F)(C(F)(F)F)C(F)(F)F)cc1. The third kappa shape index (κ3) is 3.03. The molecule has 0 aliphatic carbocycles. The first-order valence-electron chi connectivity index (χ1n) is 5.18. The first-order valence-corrected chi connectivity index (χ1v) is 5.18. The molecular formula is C11H7F9O. The summed E-state index contributed by atoms with van der Waals surface area (Å²) in [4.78, 5) is 0. The monoisotopic (exact) mass is 326 g/mol. The van der Waals surface area contributed by atoms with E-state index in [0.29, 0.717) is 17.7 Å². The van der Waals surface area contributed by atoms with Crippen molar-refractivity contribution in [2.24, 2.45) is 0 Å². The lowest BCUT2D eigenvalue weighted by Gasteiger charge is -2.38. The molecule has 1 aromatic rings. The van der Waals surface area contributed by atoms with Gasteiger partial charge in [0, 0.05) is 0 Å². The summed E-state index contributed by atoms with van der Waals surface area (Å²) < 4.78 is 116. The van der Waals surface area contributed by atoms with Gasteiger partial charge in [-0.2, -0.15) is 39.5 Å². The van der Waals surface area contributed by atoms with Crippen LogP contribution in [-0.2, 0) is 0 Å². The summed E-state index contributed by atoms with van der Waals surface area (Å²) in [6.45, 7) is 1.44. The third-order valence-corrected chi connectivity index (χ3v) is 2.49. The van der Waals surface area contributed by atoms with Crippen molar-refractivity contribution in [2.45, 2.75) is 31.1 Å². The maximum absolute atomic E-state index is 12.6. The van der Waals surface area contributed by atoms with Gasteiger partial charge >= 0.3 is 24.1 Å². The molecule has 0 saturated carbocycles. The highest BCUT2D eigenvalue weighted by molar-refractivity contribution is 5.28. The fourth-order valence-corrected chi connectivity index (χ4v) is 1.44. The van der Waals surface area contributed by atoms with Crippen LogP contribution in [-0.4, -0.2) is 24.1 Å². The second kappa shape index (κ2) is 4.99. The zero-order chi connectivity index (χ0) is 16.7. The molecule has 0 atom stereocenters. The fourth-order valence-electron chi connectivity index (χ4n) is 1.44. The van der Waals surface area contributed by atoms with Gasteiger partial charge in [0.25, 0.3) is 0 Å². The van der Waals surface area contributed by atoms with E-state index in [1.807, 2.05) is 0 Å². The summed E-state index contributed by atoms with van der Waals surface area (Å²) in [5.41, 5.74) is -5.87.